The number of nitrogens with zero attached hydrogens (tertiary/aromatic N) is 5. The second kappa shape index (κ2) is 4.94. The van der Waals surface area contributed by atoms with Crippen molar-refractivity contribution >= 4 is 17.5 Å². The van der Waals surface area contributed by atoms with E-state index in [0.29, 0.717) is 18.7 Å². The van der Waals surface area contributed by atoms with Crippen molar-refractivity contribution in [1.82, 2.24) is 24.9 Å². The van der Waals surface area contributed by atoms with Gasteiger partial charge in [0.2, 0.25) is 5.91 Å². The van der Waals surface area contributed by atoms with Crippen molar-refractivity contribution in [3.63, 3.8) is 0 Å². The molecular formula is C15H18N6O2. The molecule has 4 rings (SSSR count). The third-order valence-electron chi connectivity index (χ3n) is 4.65. The van der Waals surface area contributed by atoms with Crippen LogP contribution in [0.1, 0.15) is 29.0 Å². The Morgan fingerprint density at radius 3 is 2.87 bits per heavy atom. The maximum absolute atomic E-state index is 12.7. The van der Waals surface area contributed by atoms with Gasteiger partial charge in [-0.3, -0.25) is 19.4 Å². The summed E-state index contributed by atoms with van der Waals surface area (Å²) in [6.07, 6.45) is 4.67. The second-order valence-electron chi connectivity index (χ2n) is 6.20. The highest BCUT2D eigenvalue weighted by Gasteiger charge is 2.49. The molecule has 2 atom stereocenters. The molecule has 2 saturated heterocycles. The van der Waals surface area contributed by atoms with Gasteiger partial charge in [-0.25, -0.2) is 0 Å². The fraction of sp³-hybridized carbons (Fsp3) is 0.467. The summed E-state index contributed by atoms with van der Waals surface area (Å²) in [6.45, 7) is 2.50. The van der Waals surface area contributed by atoms with Crippen LogP contribution < -0.4 is 4.90 Å². The molecule has 0 spiro atoms. The molecule has 4 heterocycles. The van der Waals surface area contributed by atoms with Gasteiger partial charge >= 0.3 is 0 Å². The Morgan fingerprint density at radius 2 is 2.22 bits per heavy atom. The lowest BCUT2D eigenvalue weighted by atomic mass is 10.1. The van der Waals surface area contributed by atoms with Crippen LogP contribution >= 0.6 is 0 Å². The van der Waals surface area contributed by atoms with Crippen LogP contribution in [-0.4, -0.2) is 55.3 Å². The van der Waals surface area contributed by atoms with Crippen molar-refractivity contribution in [2.24, 2.45) is 7.05 Å². The fourth-order valence-corrected chi connectivity index (χ4v) is 3.64. The molecule has 2 fully saturated rings. The molecule has 0 radical (unpaired) electrons. The summed E-state index contributed by atoms with van der Waals surface area (Å²) >= 11 is 0. The molecule has 23 heavy (non-hydrogen) atoms. The number of nitrogens with one attached hydrogen (secondary N) is 1. The predicted molar refractivity (Wildman–Crippen MR) is 81.9 cm³/mol. The van der Waals surface area contributed by atoms with Crippen molar-refractivity contribution in [1.29, 1.82) is 0 Å². The number of amides is 2. The summed E-state index contributed by atoms with van der Waals surface area (Å²) in [4.78, 5) is 28.7. The van der Waals surface area contributed by atoms with Crippen LogP contribution in [0.15, 0.2) is 18.5 Å². The second-order valence-corrected chi connectivity index (χ2v) is 6.20. The van der Waals surface area contributed by atoms with Crippen molar-refractivity contribution in [3.8, 4) is 0 Å². The molecule has 2 aromatic heterocycles. The van der Waals surface area contributed by atoms with E-state index in [2.05, 4.69) is 15.3 Å². The van der Waals surface area contributed by atoms with E-state index in [0.717, 1.165) is 17.8 Å². The van der Waals surface area contributed by atoms with Crippen LogP contribution in [-0.2, 0) is 11.8 Å². The Balaban J connectivity index is 1.59. The number of aryl methyl sites for hydroxylation is 2. The Kier molecular flexibility index (Phi) is 3.00. The topological polar surface area (TPSA) is 87.1 Å². The summed E-state index contributed by atoms with van der Waals surface area (Å²) in [6, 6.07) is 1.67. The van der Waals surface area contributed by atoms with Crippen LogP contribution in [0.5, 0.6) is 0 Å². The maximum Gasteiger partial charge on any atom is 0.274 e. The van der Waals surface area contributed by atoms with E-state index in [1.54, 1.807) is 26.7 Å². The summed E-state index contributed by atoms with van der Waals surface area (Å²) in [5.74, 6) is -0.0635. The monoisotopic (exact) mass is 314 g/mol. The Labute approximate surface area is 133 Å². The number of fused-ring (bicyclic) bond motifs is 1. The SMILES string of the molecule is Cc1cc(C(=O)N2CCC3C2CC(=O)N3c2cnn(C)c2)n[nH]1. The van der Waals surface area contributed by atoms with E-state index in [4.69, 9.17) is 0 Å². The maximum atomic E-state index is 12.7. The zero-order chi connectivity index (χ0) is 16.1. The number of H-pyrrole nitrogens is 1. The number of likely N-dealkylation sites (tertiary alicyclic amines) is 1. The number of aromatic amines is 1. The number of hydrogen-bond donors (Lipinski definition) is 1. The molecule has 0 bridgehead atoms. The van der Waals surface area contributed by atoms with Gasteiger partial charge in [0.05, 0.1) is 24.0 Å². The third-order valence-corrected chi connectivity index (χ3v) is 4.65. The smallest absolute Gasteiger partial charge is 0.274 e. The number of rotatable bonds is 2. The minimum atomic E-state index is -0.109. The van der Waals surface area contributed by atoms with E-state index in [-0.39, 0.29) is 23.9 Å². The molecule has 2 amide bonds. The number of carbonyl (C=O) groups excluding carboxylic acids is 2. The molecule has 2 aromatic rings. The van der Waals surface area contributed by atoms with Gasteiger partial charge < -0.3 is 9.80 Å². The van der Waals surface area contributed by atoms with Crippen LogP contribution in [0, 0.1) is 6.92 Å². The van der Waals surface area contributed by atoms with E-state index in [1.165, 1.54) is 0 Å². The van der Waals surface area contributed by atoms with Gasteiger partial charge in [-0.15, -0.1) is 0 Å². The highest BCUT2D eigenvalue weighted by atomic mass is 16.2. The van der Waals surface area contributed by atoms with Gasteiger partial charge in [0.1, 0.15) is 5.69 Å². The zero-order valence-corrected chi connectivity index (χ0v) is 13.1. The first-order valence-electron chi connectivity index (χ1n) is 7.68. The number of anilines is 1. The average molecular weight is 314 g/mol. The minimum Gasteiger partial charge on any atom is -0.332 e. The van der Waals surface area contributed by atoms with Gasteiger partial charge in [0.25, 0.3) is 5.91 Å². The fourth-order valence-electron chi connectivity index (χ4n) is 3.64. The molecule has 2 unspecified atom stereocenters. The first-order chi connectivity index (χ1) is 11.0. The van der Waals surface area contributed by atoms with E-state index in [1.807, 2.05) is 20.2 Å². The minimum absolute atomic E-state index is 0.0238. The van der Waals surface area contributed by atoms with Gasteiger partial charge in [0, 0.05) is 31.9 Å². The van der Waals surface area contributed by atoms with E-state index in [9.17, 15) is 9.59 Å². The van der Waals surface area contributed by atoms with Crippen molar-refractivity contribution in [2.75, 3.05) is 11.4 Å². The lowest BCUT2D eigenvalue weighted by molar-refractivity contribution is -0.117. The molecule has 1 N–H and O–H groups in total. The number of hydrogen-bond acceptors (Lipinski definition) is 4. The van der Waals surface area contributed by atoms with Gasteiger partial charge in [-0.1, -0.05) is 0 Å². The molecule has 0 saturated carbocycles. The largest absolute Gasteiger partial charge is 0.332 e. The molecule has 120 valence electrons. The van der Waals surface area contributed by atoms with Crippen LogP contribution in [0.2, 0.25) is 0 Å². The van der Waals surface area contributed by atoms with Crippen LogP contribution in [0.25, 0.3) is 0 Å². The van der Waals surface area contributed by atoms with E-state index < -0.39 is 0 Å². The summed E-state index contributed by atoms with van der Waals surface area (Å²) in [5, 5.41) is 11.0. The lowest BCUT2D eigenvalue weighted by Crippen LogP contribution is -2.40. The zero-order valence-electron chi connectivity index (χ0n) is 13.1. The summed E-state index contributed by atoms with van der Waals surface area (Å²) < 4.78 is 1.68. The molecule has 8 heteroatoms. The highest BCUT2D eigenvalue weighted by Crippen LogP contribution is 2.36. The number of aromatic nitrogens is 4. The quantitative estimate of drug-likeness (QED) is 0.873. The number of carbonyl (C=O) groups is 2. The Bertz CT molecular complexity index is 779. The molecule has 2 aliphatic rings. The van der Waals surface area contributed by atoms with Crippen molar-refractivity contribution < 1.29 is 9.59 Å². The highest BCUT2D eigenvalue weighted by molar-refractivity contribution is 5.99. The van der Waals surface area contributed by atoms with Gasteiger partial charge in [0.15, 0.2) is 0 Å². The Hall–Kier alpha value is -2.64. The molecule has 0 aromatic carbocycles. The molecule has 2 aliphatic heterocycles. The first kappa shape index (κ1) is 14.0. The standard InChI is InChI=1S/C15H18N6O2/c1-9-5-11(18-17-9)15(23)20-4-3-12-13(20)6-14(22)21(12)10-7-16-19(2)8-10/h5,7-8,12-13H,3-4,6H2,1-2H3,(H,17,18). The first-order valence-corrected chi connectivity index (χ1v) is 7.68. The van der Waals surface area contributed by atoms with Crippen LogP contribution in [0.4, 0.5) is 5.69 Å². The molecule has 0 aliphatic carbocycles. The van der Waals surface area contributed by atoms with E-state index >= 15 is 0 Å². The van der Waals surface area contributed by atoms with Crippen LogP contribution in [0.3, 0.4) is 0 Å². The molecule has 8 nitrogen and oxygen atoms in total. The summed E-state index contributed by atoms with van der Waals surface area (Å²) in [7, 11) is 1.83. The Morgan fingerprint density at radius 1 is 1.39 bits per heavy atom. The van der Waals surface area contributed by atoms with Crippen molar-refractivity contribution in [2.45, 2.75) is 31.8 Å². The lowest BCUT2D eigenvalue weighted by Gasteiger charge is -2.24. The van der Waals surface area contributed by atoms with Gasteiger partial charge in [-0.2, -0.15) is 10.2 Å². The predicted octanol–water partition coefficient (Wildman–Crippen LogP) is 0.472. The van der Waals surface area contributed by atoms with Gasteiger partial charge in [-0.05, 0) is 19.4 Å². The summed E-state index contributed by atoms with van der Waals surface area (Å²) in [5.41, 5.74) is 2.06. The molecular weight excluding hydrogens is 296 g/mol. The third kappa shape index (κ3) is 2.13. The van der Waals surface area contributed by atoms with Crippen molar-refractivity contribution in [3.05, 3.63) is 29.8 Å². The average Bonchev–Trinajstić information content (AvgIpc) is 3.24. The normalized spacial score (nSPS) is 23.7.